The largest absolute Gasteiger partial charge is 0.483 e. The zero-order valence-corrected chi connectivity index (χ0v) is 14.9. The Morgan fingerprint density at radius 1 is 1.20 bits per heavy atom. The minimum Gasteiger partial charge on any atom is -0.483 e. The molecule has 134 valence electrons. The van der Waals surface area contributed by atoms with Crippen molar-refractivity contribution in [3.8, 4) is 5.75 Å². The van der Waals surface area contributed by atoms with Crippen LogP contribution in [0.2, 0.25) is 0 Å². The first-order chi connectivity index (χ1) is 11.7. The number of nitrogens with one attached hydrogen (secondary N) is 1. The summed E-state index contributed by atoms with van der Waals surface area (Å²) in [4.78, 5) is 13.0. The first-order valence-electron chi connectivity index (χ1n) is 7.41. The summed E-state index contributed by atoms with van der Waals surface area (Å²) in [5.41, 5.74) is 0.697. The number of halogens is 1. The Hall–Kier alpha value is -2.61. The highest BCUT2D eigenvalue weighted by Gasteiger charge is 2.16. The van der Waals surface area contributed by atoms with E-state index in [2.05, 4.69) is 4.72 Å². The summed E-state index contributed by atoms with van der Waals surface area (Å²) in [6, 6.07) is 9.46. The molecule has 0 fully saturated rings. The summed E-state index contributed by atoms with van der Waals surface area (Å²) >= 11 is 0. The maximum Gasteiger partial charge on any atom is 0.261 e. The van der Waals surface area contributed by atoms with Crippen LogP contribution in [0.25, 0.3) is 0 Å². The van der Waals surface area contributed by atoms with Crippen molar-refractivity contribution in [1.82, 2.24) is 4.90 Å². The smallest absolute Gasteiger partial charge is 0.261 e. The highest BCUT2D eigenvalue weighted by molar-refractivity contribution is 7.92. The van der Waals surface area contributed by atoms with Crippen LogP contribution >= 0.6 is 0 Å². The molecule has 1 N–H and O–H groups in total. The van der Waals surface area contributed by atoms with Crippen LogP contribution in [0, 0.1) is 12.7 Å². The van der Waals surface area contributed by atoms with Gasteiger partial charge < -0.3 is 9.64 Å². The van der Waals surface area contributed by atoms with Crippen molar-refractivity contribution in [2.24, 2.45) is 0 Å². The van der Waals surface area contributed by atoms with Gasteiger partial charge in [-0.05, 0) is 48.9 Å². The molecule has 0 aliphatic heterocycles. The topological polar surface area (TPSA) is 75.7 Å². The number of aryl methyl sites for hydroxylation is 1. The fourth-order valence-corrected chi connectivity index (χ4v) is 3.12. The number of likely N-dealkylation sites (N-methyl/N-ethyl adjacent to an activating group) is 1. The lowest BCUT2D eigenvalue weighted by molar-refractivity contribution is -0.130. The van der Waals surface area contributed by atoms with Gasteiger partial charge in [0.15, 0.2) is 6.61 Å². The molecule has 25 heavy (non-hydrogen) atoms. The second-order valence-corrected chi connectivity index (χ2v) is 7.30. The van der Waals surface area contributed by atoms with Gasteiger partial charge in [0, 0.05) is 14.1 Å². The predicted octanol–water partition coefficient (Wildman–Crippen LogP) is 2.40. The van der Waals surface area contributed by atoms with Crippen LogP contribution in [0.1, 0.15) is 5.56 Å². The lowest BCUT2D eigenvalue weighted by Gasteiger charge is -2.14. The van der Waals surface area contributed by atoms with Gasteiger partial charge in [0.1, 0.15) is 11.6 Å². The van der Waals surface area contributed by atoms with Gasteiger partial charge in [0.2, 0.25) is 0 Å². The highest BCUT2D eigenvalue weighted by atomic mass is 32.2. The van der Waals surface area contributed by atoms with E-state index in [4.69, 9.17) is 4.74 Å². The van der Waals surface area contributed by atoms with Crippen molar-refractivity contribution in [3.63, 3.8) is 0 Å². The fraction of sp³-hybridized carbons (Fsp3) is 0.235. The molecule has 0 radical (unpaired) electrons. The summed E-state index contributed by atoms with van der Waals surface area (Å²) in [6.45, 7) is 1.54. The molecule has 0 unspecified atom stereocenters. The molecule has 6 nitrogen and oxygen atoms in total. The maximum absolute atomic E-state index is 13.2. The maximum atomic E-state index is 13.2. The number of rotatable bonds is 6. The van der Waals surface area contributed by atoms with E-state index in [0.29, 0.717) is 11.3 Å². The Balaban J connectivity index is 2.17. The van der Waals surface area contributed by atoms with E-state index in [1.807, 2.05) is 0 Å². The summed E-state index contributed by atoms with van der Waals surface area (Å²) in [5.74, 6) is -0.325. The number of carbonyl (C=O) groups excluding carboxylic acids is 1. The van der Waals surface area contributed by atoms with Crippen molar-refractivity contribution >= 4 is 21.6 Å². The molecule has 0 aliphatic rings. The zero-order chi connectivity index (χ0) is 18.6. The molecule has 0 spiro atoms. The lowest BCUT2D eigenvalue weighted by Crippen LogP contribution is -2.27. The Kier molecular flexibility index (Phi) is 5.63. The van der Waals surface area contributed by atoms with Gasteiger partial charge >= 0.3 is 0 Å². The third-order valence-electron chi connectivity index (χ3n) is 3.38. The van der Waals surface area contributed by atoms with Crippen molar-refractivity contribution in [3.05, 3.63) is 53.8 Å². The molecule has 0 aliphatic carbocycles. The summed E-state index contributed by atoms with van der Waals surface area (Å²) < 4.78 is 45.7. The monoisotopic (exact) mass is 366 g/mol. The zero-order valence-electron chi connectivity index (χ0n) is 14.1. The Labute approximate surface area is 146 Å². The molecule has 0 saturated heterocycles. The second kappa shape index (κ2) is 7.52. The van der Waals surface area contributed by atoms with Gasteiger partial charge in [-0.25, -0.2) is 12.8 Å². The van der Waals surface area contributed by atoms with Crippen LogP contribution in [0.3, 0.4) is 0 Å². The Bertz CT molecular complexity index is 882. The third-order valence-corrected chi connectivity index (χ3v) is 4.76. The van der Waals surface area contributed by atoms with Crippen molar-refractivity contribution in [2.45, 2.75) is 11.8 Å². The van der Waals surface area contributed by atoms with Crippen LogP contribution in [-0.2, 0) is 14.8 Å². The van der Waals surface area contributed by atoms with Gasteiger partial charge in [-0.15, -0.1) is 0 Å². The lowest BCUT2D eigenvalue weighted by atomic mass is 10.2. The van der Waals surface area contributed by atoms with Crippen LogP contribution in [0.4, 0.5) is 10.1 Å². The average Bonchev–Trinajstić information content (AvgIpc) is 2.52. The van der Waals surface area contributed by atoms with Crippen molar-refractivity contribution in [1.29, 1.82) is 0 Å². The third kappa shape index (κ3) is 4.93. The van der Waals surface area contributed by atoms with E-state index in [9.17, 15) is 17.6 Å². The number of amides is 1. The van der Waals surface area contributed by atoms with Crippen LogP contribution in [0.5, 0.6) is 5.75 Å². The van der Waals surface area contributed by atoms with Gasteiger partial charge in [0.05, 0.1) is 10.6 Å². The molecule has 8 heteroatoms. The first kappa shape index (κ1) is 18.7. The molecule has 1 amide bonds. The molecule has 2 rings (SSSR count). The standard InChI is InChI=1S/C17H19FN2O4S/c1-12-9-15(7-8-16(12)24-11-17(21)20(2)3)25(22,23)19-14-6-4-5-13(18)10-14/h4-10,19H,11H2,1-3H3. The van der Waals surface area contributed by atoms with Gasteiger partial charge in [-0.3, -0.25) is 9.52 Å². The van der Waals surface area contributed by atoms with Gasteiger partial charge in [0.25, 0.3) is 15.9 Å². The van der Waals surface area contributed by atoms with E-state index in [0.717, 1.165) is 6.07 Å². The normalized spacial score (nSPS) is 11.0. The number of carbonyl (C=O) groups is 1. The number of ether oxygens (including phenoxy) is 1. The van der Waals surface area contributed by atoms with E-state index in [1.54, 1.807) is 21.0 Å². The summed E-state index contributed by atoms with van der Waals surface area (Å²) in [5, 5.41) is 0. The van der Waals surface area contributed by atoms with Crippen molar-refractivity contribution < 1.29 is 22.3 Å². The molecule has 0 saturated carbocycles. The predicted molar refractivity (Wildman–Crippen MR) is 92.6 cm³/mol. The van der Waals surface area contributed by atoms with Crippen LogP contribution in [-0.4, -0.2) is 39.9 Å². The second-order valence-electron chi connectivity index (χ2n) is 5.62. The SMILES string of the molecule is Cc1cc(S(=O)(=O)Nc2cccc(F)c2)ccc1OCC(=O)N(C)C. The Morgan fingerprint density at radius 2 is 1.92 bits per heavy atom. The number of anilines is 1. The number of sulfonamides is 1. The molecule has 0 heterocycles. The number of benzene rings is 2. The van der Waals surface area contributed by atoms with E-state index in [1.165, 1.54) is 41.3 Å². The average molecular weight is 366 g/mol. The molecule has 2 aromatic carbocycles. The minimum absolute atomic E-state index is 0.0144. The minimum atomic E-state index is -3.86. The molecule has 0 aromatic heterocycles. The van der Waals surface area contributed by atoms with Crippen molar-refractivity contribution in [2.75, 3.05) is 25.4 Å². The quantitative estimate of drug-likeness (QED) is 0.852. The Morgan fingerprint density at radius 3 is 2.52 bits per heavy atom. The summed E-state index contributed by atoms with van der Waals surface area (Å²) in [6.07, 6.45) is 0. The molecule has 0 atom stereocenters. The van der Waals surface area contributed by atoms with E-state index < -0.39 is 15.8 Å². The number of hydrogen-bond donors (Lipinski definition) is 1. The molecular formula is C17H19FN2O4S. The van der Waals surface area contributed by atoms with Gasteiger partial charge in [-0.2, -0.15) is 0 Å². The van der Waals surface area contributed by atoms with Crippen LogP contribution in [0.15, 0.2) is 47.4 Å². The van der Waals surface area contributed by atoms with Gasteiger partial charge in [-0.1, -0.05) is 6.07 Å². The van der Waals surface area contributed by atoms with E-state index >= 15 is 0 Å². The van der Waals surface area contributed by atoms with E-state index in [-0.39, 0.29) is 23.1 Å². The fourth-order valence-electron chi connectivity index (χ4n) is 1.99. The summed E-state index contributed by atoms with van der Waals surface area (Å²) in [7, 11) is -0.627. The highest BCUT2D eigenvalue weighted by Crippen LogP contribution is 2.23. The number of nitrogens with zero attached hydrogens (tertiary/aromatic N) is 1. The number of hydrogen-bond acceptors (Lipinski definition) is 4. The molecule has 0 bridgehead atoms. The first-order valence-corrected chi connectivity index (χ1v) is 8.89. The molecular weight excluding hydrogens is 347 g/mol. The molecule has 2 aromatic rings. The van der Waals surface area contributed by atoms with Crippen LogP contribution < -0.4 is 9.46 Å².